The summed E-state index contributed by atoms with van der Waals surface area (Å²) in [5, 5.41) is 13.9. The average molecular weight is 693 g/mol. The maximum atomic E-state index is 8.80. The third kappa shape index (κ3) is 4.43. The lowest BCUT2D eigenvalue weighted by molar-refractivity contribution is 0.883. The molecule has 256 valence electrons. The van der Waals surface area contributed by atoms with Gasteiger partial charge in [0.2, 0.25) is 0 Å². The number of benzene rings is 6. The van der Waals surface area contributed by atoms with Gasteiger partial charge in [0.05, 0.1) is 33.5 Å². The molecule has 2 aliphatic rings. The van der Waals surface area contributed by atoms with Gasteiger partial charge in [0, 0.05) is 50.2 Å². The predicted octanol–water partition coefficient (Wildman–Crippen LogP) is 11.9. The number of nitrogens with zero attached hydrogens (tertiary/aromatic N) is 3. The number of aromatic nitrogens is 3. The van der Waals surface area contributed by atoms with Crippen LogP contribution in [0.3, 0.4) is 0 Å². The first-order chi connectivity index (χ1) is 26.7. The summed E-state index contributed by atoms with van der Waals surface area (Å²) in [4.78, 5) is 4.71. The standard InChI is InChI=1S/C50H36N4/c1-2-3-16-43(51)31-20-24-45-39(27-31)41-29-33-18-23-38-48-34(19-22-37(47(33)48)49(41)53(45)35-12-6-4-7-13-35)30-42-40-28-32(44-17-10-11-26-52-44)21-25-46(40)54(50(38)42)36-14-8-5-9-15-36/h2-17,20-21,24-30,51H,1,18-19,22-23H2/b16-3-,51-43?. The number of allylic oxidation sites excluding steroid dienone is 3. The number of nitrogens with one attached hydrogen (secondary N) is 1. The minimum Gasteiger partial charge on any atom is -0.309 e. The van der Waals surface area contributed by atoms with Crippen LogP contribution in [0.2, 0.25) is 0 Å². The molecular weight excluding hydrogens is 657 g/mol. The van der Waals surface area contributed by atoms with Gasteiger partial charge in [-0.2, -0.15) is 0 Å². The van der Waals surface area contributed by atoms with Gasteiger partial charge in [-0.3, -0.25) is 4.98 Å². The molecule has 54 heavy (non-hydrogen) atoms. The molecule has 3 aromatic heterocycles. The second-order valence-corrected chi connectivity index (χ2v) is 14.6. The summed E-state index contributed by atoms with van der Waals surface area (Å²) in [6.07, 6.45) is 11.2. The van der Waals surface area contributed by atoms with E-state index < -0.39 is 0 Å². The highest BCUT2D eigenvalue weighted by atomic mass is 15.0. The van der Waals surface area contributed by atoms with Crippen LogP contribution < -0.4 is 0 Å². The van der Waals surface area contributed by atoms with E-state index in [4.69, 9.17) is 10.4 Å². The van der Waals surface area contributed by atoms with E-state index in [1.807, 2.05) is 24.4 Å². The minimum atomic E-state index is 0.486. The summed E-state index contributed by atoms with van der Waals surface area (Å²) < 4.78 is 4.99. The number of hydrogen-bond acceptors (Lipinski definition) is 2. The van der Waals surface area contributed by atoms with Crippen LogP contribution in [0, 0.1) is 5.41 Å². The summed E-state index contributed by atoms with van der Waals surface area (Å²) in [5.41, 5.74) is 19.6. The van der Waals surface area contributed by atoms with Crippen LogP contribution in [-0.2, 0) is 25.7 Å². The Balaban J connectivity index is 1.23. The Morgan fingerprint density at radius 3 is 1.74 bits per heavy atom. The van der Waals surface area contributed by atoms with E-state index in [0.717, 1.165) is 48.2 Å². The molecule has 0 saturated heterocycles. The first kappa shape index (κ1) is 30.8. The fraction of sp³-hybridized carbons (Fsp3) is 0.0800. The molecule has 11 rings (SSSR count). The molecule has 0 bridgehead atoms. The Kier molecular flexibility index (Phi) is 6.77. The molecule has 0 unspecified atom stereocenters. The monoisotopic (exact) mass is 692 g/mol. The van der Waals surface area contributed by atoms with Gasteiger partial charge >= 0.3 is 0 Å². The van der Waals surface area contributed by atoms with Crippen molar-refractivity contribution in [2.24, 2.45) is 0 Å². The molecule has 0 amide bonds. The Morgan fingerprint density at radius 1 is 0.593 bits per heavy atom. The van der Waals surface area contributed by atoms with Crippen LogP contribution in [0.4, 0.5) is 0 Å². The van der Waals surface area contributed by atoms with Crippen LogP contribution in [0.1, 0.15) is 27.8 Å². The van der Waals surface area contributed by atoms with E-state index >= 15 is 0 Å². The topological polar surface area (TPSA) is 46.6 Å². The van der Waals surface area contributed by atoms with E-state index in [9.17, 15) is 0 Å². The highest BCUT2D eigenvalue weighted by molar-refractivity contribution is 6.18. The van der Waals surface area contributed by atoms with Crippen molar-refractivity contribution in [3.8, 4) is 33.8 Å². The highest BCUT2D eigenvalue weighted by Crippen LogP contribution is 2.51. The smallest absolute Gasteiger partial charge is 0.0702 e. The maximum Gasteiger partial charge on any atom is 0.0702 e. The molecule has 0 radical (unpaired) electrons. The zero-order valence-corrected chi connectivity index (χ0v) is 29.8. The third-order valence-corrected chi connectivity index (χ3v) is 11.7. The molecule has 1 N–H and O–H groups in total. The van der Waals surface area contributed by atoms with Crippen LogP contribution in [-0.4, -0.2) is 19.8 Å². The second kappa shape index (κ2) is 11.9. The van der Waals surface area contributed by atoms with Crippen molar-refractivity contribution in [2.45, 2.75) is 25.7 Å². The van der Waals surface area contributed by atoms with Gasteiger partial charge in [0.15, 0.2) is 0 Å². The molecule has 9 aromatic rings. The molecule has 4 heteroatoms. The molecule has 6 aromatic carbocycles. The lowest BCUT2D eigenvalue weighted by Crippen LogP contribution is -2.16. The maximum absolute atomic E-state index is 8.80. The lowest BCUT2D eigenvalue weighted by atomic mass is 9.74. The number of hydrogen-bond donors (Lipinski definition) is 1. The fourth-order valence-electron chi connectivity index (χ4n) is 9.47. The quantitative estimate of drug-likeness (QED) is 0.137. The van der Waals surface area contributed by atoms with Crippen molar-refractivity contribution in [1.29, 1.82) is 5.41 Å². The Hall–Kier alpha value is -6.78. The van der Waals surface area contributed by atoms with Gasteiger partial charge < -0.3 is 14.5 Å². The van der Waals surface area contributed by atoms with Crippen LogP contribution >= 0.6 is 0 Å². The van der Waals surface area contributed by atoms with Crippen molar-refractivity contribution >= 4 is 49.3 Å². The average Bonchev–Trinajstić information content (AvgIpc) is 3.74. The first-order valence-corrected chi connectivity index (χ1v) is 18.8. The number of aryl methyl sites for hydroxylation is 4. The van der Waals surface area contributed by atoms with Crippen LogP contribution in [0.15, 0.2) is 158 Å². The van der Waals surface area contributed by atoms with Crippen molar-refractivity contribution < 1.29 is 0 Å². The van der Waals surface area contributed by atoms with Gasteiger partial charge in [-0.1, -0.05) is 73.3 Å². The van der Waals surface area contributed by atoms with Crippen molar-refractivity contribution in [1.82, 2.24) is 14.1 Å². The first-order valence-electron chi connectivity index (χ1n) is 18.8. The number of pyridine rings is 1. The number of rotatable bonds is 6. The molecule has 0 atom stereocenters. The Bertz CT molecular complexity index is 3050. The van der Waals surface area contributed by atoms with E-state index in [2.05, 4.69) is 137 Å². The fourth-order valence-corrected chi connectivity index (χ4v) is 9.47. The minimum absolute atomic E-state index is 0.486. The summed E-state index contributed by atoms with van der Waals surface area (Å²) in [5.74, 6) is 0. The summed E-state index contributed by atoms with van der Waals surface area (Å²) in [7, 11) is 0. The van der Waals surface area contributed by atoms with E-state index in [1.54, 1.807) is 6.08 Å². The van der Waals surface area contributed by atoms with Crippen molar-refractivity contribution in [3.63, 3.8) is 0 Å². The van der Waals surface area contributed by atoms with E-state index in [0.29, 0.717) is 5.71 Å². The molecule has 0 spiro atoms. The normalized spacial score (nSPS) is 13.3. The van der Waals surface area contributed by atoms with Gasteiger partial charge in [0.25, 0.3) is 0 Å². The van der Waals surface area contributed by atoms with Crippen molar-refractivity contribution in [2.75, 3.05) is 0 Å². The summed E-state index contributed by atoms with van der Waals surface area (Å²) in [6.45, 7) is 3.81. The summed E-state index contributed by atoms with van der Waals surface area (Å²) in [6, 6.07) is 46.2. The molecule has 4 nitrogen and oxygen atoms in total. The zero-order valence-electron chi connectivity index (χ0n) is 29.8. The van der Waals surface area contributed by atoms with E-state index in [1.165, 1.54) is 82.7 Å². The molecule has 2 aliphatic carbocycles. The molecule has 0 saturated carbocycles. The Labute approximate surface area is 313 Å². The van der Waals surface area contributed by atoms with E-state index in [-0.39, 0.29) is 0 Å². The highest BCUT2D eigenvalue weighted by Gasteiger charge is 2.33. The number of para-hydroxylation sites is 2. The van der Waals surface area contributed by atoms with Gasteiger partial charge in [-0.25, -0.2) is 0 Å². The third-order valence-electron chi connectivity index (χ3n) is 11.7. The zero-order chi connectivity index (χ0) is 35.9. The molecule has 3 heterocycles. The lowest BCUT2D eigenvalue weighted by Gasteiger charge is -2.31. The molecular formula is C50H36N4. The Morgan fingerprint density at radius 2 is 1.17 bits per heavy atom. The van der Waals surface area contributed by atoms with Crippen LogP contribution in [0.25, 0.3) is 77.4 Å². The van der Waals surface area contributed by atoms with Gasteiger partial charge in [-0.05, 0) is 138 Å². The molecule has 0 fully saturated rings. The predicted molar refractivity (Wildman–Crippen MR) is 225 cm³/mol. The van der Waals surface area contributed by atoms with Gasteiger partial charge in [0.1, 0.15) is 0 Å². The second-order valence-electron chi connectivity index (χ2n) is 14.6. The largest absolute Gasteiger partial charge is 0.309 e. The van der Waals surface area contributed by atoms with Gasteiger partial charge in [-0.15, -0.1) is 0 Å². The molecule has 0 aliphatic heterocycles. The van der Waals surface area contributed by atoms with Crippen LogP contribution in [0.5, 0.6) is 0 Å². The number of fused-ring (bicyclic) bond motifs is 8. The van der Waals surface area contributed by atoms with Crippen molar-refractivity contribution in [3.05, 3.63) is 186 Å². The summed E-state index contributed by atoms with van der Waals surface area (Å²) >= 11 is 0. The SMILES string of the molecule is C=C/C=C\C(=N)c1ccc2c(c1)c1cc3c4c(c1n2-c1ccccc1)CCc1cc2c5cc(-c6ccccn6)ccc5n(-c5ccccc5)c2c(c1-4)CC3.